The average molecular weight is 303 g/mol. The molecule has 5 nitrogen and oxygen atoms in total. The molecule has 106 valence electrons. The number of thiophene rings is 1. The third-order valence-electron chi connectivity index (χ3n) is 3.33. The first kappa shape index (κ1) is 14.5. The molecule has 1 saturated heterocycles. The van der Waals surface area contributed by atoms with Gasteiger partial charge in [0, 0.05) is 29.3 Å². The molecule has 2 heterocycles. The van der Waals surface area contributed by atoms with Crippen molar-refractivity contribution in [2.75, 3.05) is 13.1 Å². The lowest BCUT2D eigenvalue weighted by atomic mass is 10.1. The third kappa shape index (κ3) is 2.98. The lowest BCUT2D eigenvalue weighted by Crippen LogP contribution is -2.29. The van der Waals surface area contributed by atoms with Crippen LogP contribution in [0.15, 0.2) is 11.0 Å². The maximum atomic E-state index is 12.5. The van der Waals surface area contributed by atoms with Gasteiger partial charge in [0.1, 0.15) is 0 Å². The van der Waals surface area contributed by atoms with Crippen molar-refractivity contribution in [3.8, 4) is 0 Å². The predicted octanol–water partition coefficient (Wildman–Crippen LogP) is 1.85. The molecule has 1 N–H and O–H groups in total. The molecule has 0 spiro atoms. The molecule has 1 atom stereocenters. The largest absolute Gasteiger partial charge is 0.481 e. The molecule has 0 saturated carbocycles. The Kier molecular flexibility index (Phi) is 3.98. The van der Waals surface area contributed by atoms with Crippen LogP contribution in [0.25, 0.3) is 0 Å². The Balaban J connectivity index is 2.18. The van der Waals surface area contributed by atoms with Crippen LogP contribution < -0.4 is 0 Å². The minimum absolute atomic E-state index is 0.0354. The molecule has 0 amide bonds. The first-order valence-electron chi connectivity index (χ1n) is 6.09. The molecule has 0 bridgehead atoms. The number of hydrogen-bond acceptors (Lipinski definition) is 4. The van der Waals surface area contributed by atoms with E-state index in [-0.39, 0.29) is 12.3 Å². The first-order valence-corrected chi connectivity index (χ1v) is 8.35. The number of rotatable bonds is 4. The van der Waals surface area contributed by atoms with Gasteiger partial charge >= 0.3 is 5.97 Å². The second-order valence-corrected chi connectivity index (χ2v) is 8.26. The highest BCUT2D eigenvalue weighted by atomic mass is 32.2. The molecule has 1 aliphatic rings. The normalized spacial score (nSPS) is 20.8. The highest BCUT2D eigenvalue weighted by Gasteiger charge is 2.34. The van der Waals surface area contributed by atoms with E-state index >= 15 is 0 Å². The van der Waals surface area contributed by atoms with Gasteiger partial charge in [-0.3, -0.25) is 4.79 Å². The summed E-state index contributed by atoms with van der Waals surface area (Å²) in [7, 11) is -3.47. The van der Waals surface area contributed by atoms with Crippen LogP contribution in [-0.2, 0) is 14.8 Å². The van der Waals surface area contributed by atoms with E-state index in [9.17, 15) is 13.2 Å². The number of carbonyl (C=O) groups is 1. The Morgan fingerprint density at radius 2 is 2.21 bits per heavy atom. The smallest absolute Gasteiger partial charge is 0.303 e. The van der Waals surface area contributed by atoms with Crippen molar-refractivity contribution in [1.82, 2.24) is 4.31 Å². The topological polar surface area (TPSA) is 74.7 Å². The minimum atomic E-state index is -3.47. The lowest BCUT2D eigenvalue weighted by molar-refractivity contribution is -0.137. The number of aliphatic carboxylic acids is 1. The zero-order chi connectivity index (χ0) is 14.2. The van der Waals surface area contributed by atoms with Gasteiger partial charge in [0.15, 0.2) is 0 Å². The highest BCUT2D eigenvalue weighted by molar-refractivity contribution is 7.89. The minimum Gasteiger partial charge on any atom is -0.481 e. The molecule has 1 unspecified atom stereocenters. The molecule has 19 heavy (non-hydrogen) atoms. The molecule has 0 aliphatic carbocycles. The maximum absolute atomic E-state index is 12.5. The second kappa shape index (κ2) is 5.22. The van der Waals surface area contributed by atoms with Crippen molar-refractivity contribution in [1.29, 1.82) is 0 Å². The summed E-state index contributed by atoms with van der Waals surface area (Å²) < 4.78 is 26.4. The fourth-order valence-electron chi connectivity index (χ4n) is 2.43. The van der Waals surface area contributed by atoms with Crippen molar-refractivity contribution in [3.63, 3.8) is 0 Å². The zero-order valence-corrected chi connectivity index (χ0v) is 12.6. The summed E-state index contributed by atoms with van der Waals surface area (Å²) in [4.78, 5) is 12.8. The standard InChI is InChI=1S/C12H17NO4S2/c1-8-5-11(9(2)18-8)19(16,17)13-4-3-10(7-13)6-12(14)15/h5,10H,3-4,6-7H2,1-2H3,(H,14,15). The number of nitrogens with zero attached hydrogens (tertiary/aromatic N) is 1. The van der Waals surface area contributed by atoms with Crippen LogP contribution in [0.5, 0.6) is 0 Å². The molecule has 2 rings (SSSR count). The van der Waals surface area contributed by atoms with E-state index in [1.54, 1.807) is 13.0 Å². The van der Waals surface area contributed by atoms with Gasteiger partial charge in [-0.05, 0) is 32.3 Å². The Labute approximate surface area is 116 Å². The highest BCUT2D eigenvalue weighted by Crippen LogP contribution is 2.31. The van der Waals surface area contributed by atoms with E-state index in [2.05, 4.69) is 0 Å². The number of carboxylic acid groups (broad SMARTS) is 1. The Morgan fingerprint density at radius 1 is 1.53 bits per heavy atom. The van der Waals surface area contributed by atoms with Gasteiger partial charge in [0.2, 0.25) is 10.0 Å². The van der Waals surface area contributed by atoms with Gasteiger partial charge in [-0.25, -0.2) is 8.42 Å². The number of sulfonamides is 1. The van der Waals surface area contributed by atoms with E-state index in [1.807, 2.05) is 6.92 Å². The van der Waals surface area contributed by atoms with Gasteiger partial charge in [-0.15, -0.1) is 11.3 Å². The summed E-state index contributed by atoms with van der Waals surface area (Å²) in [5, 5.41) is 8.76. The van der Waals surface area contributed by atoms with Crippen molar-refractivity contribution in [3.05, 3.63) is 15.8 Å². The number of carboxylic acids is 1. The SMILES string of the molecule is Cc1cc(S(=O)(=O)N2CCC(CC(=O)O)C2)c(C)s1. The maximum Gasteiger partial charge on any atom is 0.303 e. The van der Waals surface area contributed by atoms with Crippen LogP contribution in [0, 0.1) is 19.8 Å². The molecular formula is C12H17NO4S2. The predicted molar refractivity (Wildman–Crippen MR) is 72.9 cm³/mol. The summed E-state index contributed by atoms with van der Waals surface area (Å²) in [5.74, 6) is -0.945. The van der Waals surface area contributed by atoms with E-state index in [4.69, 9.17) is 5.11 Å². The van der Waals surface area contributed by atoms with E-state index in [0.29, 0.717) is 24.4 Å². The van der Waals surface area contributed by atoms with E-state index < -0.39 is 16.0 Å². The monoisotopic (exact) mass is 303 g/mol. The fraction of sp³-hybridized carbons (Fsp3) is 0.583. The van der Waals surface area contributed by atoms with Crippen LogP contribution in [-0.4, -0.2) is 36.9 Å². The van der Waals surface area contributed by atoms with Crippen molar-refractivity contribution < 1.29 is 18.3 Å². The Morgan fingerprint density at radius 3 is 2.74 bits per heavy atom. The van der Waals surface area contributed by atoms with Crippen molar-refractivity contribution in [2.24, 2.45) is 5.92 Å². The Bertz CT molecular complexity index is 591. The molecular weight excluding hydrogens is 286 g/mol. The summed E-state index contributed by atoms with van der Waals surface area (Å²) in [5.41, 5.74) is 0. The summed E-state index contributed by atoms with van der Waals surface area (Å²) >= 11 is 1.47. The molecule has 0 radical (unpaired) electrons. The van der Waals surface area contributed by atoms with Crippen LogP contribution in [0.4, 0.5) is 0 Å². The lowest BCUT2D eigenvalue weighted by Gasteiger charge is -2.16. The van der Waals surface area contributed by atoms with Crippen LogP contribution in [0.2, 0.25) is 0 Å². The van der Waals surface area contributed by atoms with Crippen LogP contribution >= 0.6 is 11.3 Å². The average Bonchev–Trinajstić information content (AvgIpc) is 2.85. The van der Waals surface area contributed by atoms with Gasteiger partial charge in [0.25, 0.3) is 0 Å². The summed E-state index contributed by atoms with van der Waals surface area (Å²) in [6.45, 7) is 4.40. The molecule has 0 aromatic carbocycles. The fourth-order valence-corrected chi connectivity index (χ4v) is 5.49. The van der Waals surface area contributed by atoms with Gasteiger partial charge in [0.05, 0.1) is 4.90 Å². The number of hydrogen-bond donors (Lipinski definition) is 1. The molecule has 7 heteroatoms. The quantitative estimate of drug-likeness (QED) is 0.921. The first-order chi connectivity index (χ1) is 8.80. The van der Waals surface area contributed by atoms with Crippen LogP contribution in [0.1, 0.15) is 22.6 Å². The zero-order valence-electron chi connectivity index (χ0n) is 10.9. The van der Waals surface area contributed by atoms with Gasteiger partial charge in [-0.2, -0.15) is 4.31 Å². The van der Waals surface area contributed by atoms with Gasteiger partial charge in [-0.1, -0.05) is 0 Å². The number of aryl methyl sites for hydroxylation is 2. The molecule has 1 fully saturated rings. The van der Waals surface area contributed by atoms with E-state index in [0.717, 1.165) is 9.75 Å². The van der Waals surface area contributed by atoms with Crippen molar-refractivity contribution in [2.45, 2.75) is 31.6 Å². The van der Waals surface area contributed by atoms with Crippen molar-refractivity contribution >= 4 is 27.3 Å². The summed E-state index contributed by atoms with van der Waals surface area (Å²) in [6, 6.07) is 1.69. The summed E-state index contributed by atoms with van der Waals surface area (Å²) in [6.07, 6.45) is 0.654. The molecule has 1 aromatic rings. The van der Waals surface area contributed by atoms with Gasteiger partial charge < -0.3 is 5.11 Å². The van der Waals surface area contributed by atoms with Crippen LogP contribution in [0.3, 0.4) is 0 Å². The van der Waals surface area contributed by atoms with E-state index in [1.165, 1.54) is 15.6 Å². The Hall–Kier alpha value is -0.920. The second-order valence-electron chi connectivity index (χ2n) is 4.89. The molecule has 1 aromatic heterocycles. The molecule has 1 aliphatic heterocycles. The third-order valence-corrected chi connectivity index (χ3v) is 6.41.